The van der Waals surface area contributed by atoms with E-state index in [1.54, 1.807) is 6.07 Å². The first-order chi connectivity index (χ1) is 10.8. The minimum atomic E-state index is -0.504. The number of aliphatic hydroxyl groups excluding tert-OH is 1. The molecule has 23 heavy (non-hydrogen) atoms. The van der Waals surface area contributed by atoms with Gasteiger partial charge in [0.1, 0.15) is 0 Å². The van der Waals surface area contributed by atoms with Crippen molar-refractivity contribution in [2.75, 3.05) is 11.9 Å². The first kappa shape index (κ1) is 19.1. The van der Waals surface area contributed by atoms with Crippen molar-refractivity contribution in [2.24, 2.45) is 5.92 Å². The number of carbonyl (C=O) groups excluding carboxylic acids is 1. The molecule has 3 N–H and O–H groups in total. The van der Waals surface area contributed by atoms with Crippen molar-refractivity contribution in [3.8, 4) is 0 Å². The molecule has 1 amide bonds. The lowest BCUT2D eigenvalue weighted by molar-refractivity contribution is -0.384. The molecule has 1 rings (SSSR count). The summed E-state index contributed by atoms with van der Waals surface area (Å²) in [6, 6.07) is 5.72. The van der Waals surface area contributed by atoms with Crippen molar-refractivity contribution >= 4 is 17.3 Å². The second-order valence-electron chi connectivity index (χ2n) is 5.82. The first-order valence-corrected chi connectivity index (χ1v) is 7.79. The molecule has 0 spiro atoms. The third-order valence-electron chi connectivity index (χ3n) is 3.81. The van der Waals surface area contributed by atoms with Crippen LogP contribution in [-0.4, -0.2) is 34.6 Å². The molecule has 0 saturated heterocycles. The van der Waals surface area contributed by atoms with Crippen LogP contribution in [0.15, 0.2) is 24.3 Å². The molecular formula is C16H25N3O4. The van der Waals surface area contributed by atoms with Crippen LogP contribution in [0.5, 0.6) is 0 Å². The zero-order chi connectivity index (χ0) is 17.4. The highest BCUT2D eigenvalue weighted by Gasteiger charge is 2.15. The van der Waals surface area contributed by atoms with Gasteiger partial charge in [0.2, 0.25) is 5.91 Å². The highest BCUT2D eigenvalue weighted by molar-refractivity contribution is 5.91. The Balaban J connectivity index is 2.44. The Kier molecular flexibility index (Phi) is 7.64. The van der Waals surface area contributed by atoms with E-state index in [0.717, 1.165) is 6.42 Å². The van der Waals surface area contributed by atoms with Crippen LogP contribution in [0.25, 0.3) is 0 Å². The van der Waals surface area contributed by atoms with E-state index in [9.17, 15) is 20.0 Å². The largest absolute Gasteiger partial charge is 0.392 e. The molecule has 1 aromatic carbocycles. The van der Waals surface area contributed by atoms with E-state index in [0.29, 0.717) is 12.2 Å². The Labute approximate surface area is 136 Å². The van der Waals surface area contributed by atoms with Crippen LogP contribution in [0.1, 0.15) is 33.6 Å². The Hall–Kier alpha value is -1.99. The third-order valence-corrected chi connectivity index (χ3v) is 3.81. The number of nitrogens with one attached hydrogen (secondary N) is 2. The Morgan fingerprint density at radius 2 is 2.09 bits per heavy atom. The summed E-state index contributed by atoms with van der Waals surface area (Å²) in [5.74, 6) is -0.0306. The van der Waals surface area contributed by atoms with Crippen molar-refractivity contribution in [1.29, 1.82) is 0 Å². The third kappa shape index (κ3) is 6.75. The predicted molar refractivity (Wildman–Crippen MR) is 89.3 cm³/mol. The van der Waals surface area contributed by atoms with E-state index in [1.165, 1.54) is 18.2 Å². The molecule has 0 aliphatic rings. The number of non-ortho nitro benzene ring substituents is 1. The molecule has 0 saturated carbocycles. The molecule has 7 heteroatoms. The molecule has 0 bridgehead atoms. The predicted octanol–water partition coefficient (Wildman–Crippen LogP) is 2.31. The number of nitrogens with zero attached hydrogens (tertiary/aromatic N) is 1. The quantitative estimate of drug-likeness (QED) is 0.478. The number of hydrogen-bond donors (Lipinski definition) is 3. The van der Waals surface area contributed by atoms with Crippen LogP contribution < -0.4 is 10.6 Å². The number of rotatable bonds is 9. The zero-order valence-corrected chi connectivity index (χ0v) is 13.8. The molecule has 128 valence electrons. The number of carbonyl (C=O) groups is 1. The standard InChI is InChI=1S/C16H25N3O4/c1-4-11(2)15(20)10-17-12(3)8-16(21)18-13-6-5-7-14(9-13)19(22)23/h5-7,9,11-12,15,17,20H,4,8,10H2,1-3H3,(H,18,21). The highest BCUT2D eigenvalue weighted by Crippen LogP contribution is 2.17. The van der Waals surface area contributed by atoms with Gasteiger partial charge in [-0.1, -0.05) is 26.3 Å². The lowest BCUT2D eigenvalue weighted by Gasteiger charge is -2.20. The fraction of sp³-hybridized carbons (Fsp3) is 0.562. The van der Waals surface area contributed by atoms with Gasteiger partial charge in [0.05, 0.1) is 11.0 Å². The van der Waals surface area contributed by atoms with Gasteiger partial charge in [-0.15, -0.1) is 0 Å². The van der Waals surface area contributed by atoms with Crippen LogP contribution >= 0.6 is 0 Å². The molecule has 3 unspecified atom stereocenters. The van der Waals surface area contributed by atoms with Crippen LogP contribution in [0.4, 0.5) is 11.4 Å². The Morgan fingerprint density at radius 1 is 1.39 bits per heavy atom. The van der Waals surface area contributed by atoms with Gasteiger partial charge in [0.25, 0.3) is 5.69 Å². The van der Waals surface area contributed by atoms with Crippen LogP contribution in [0, 0.1) is 16.0 Å². The molecule has 0 fully saturated rings. The Morgan fingerprint density at radius 3 is 2.70 bits per heavy atom. The number of hydrogen-bond acceptors (Lipinski definition) is 5. The maximum absolute atomic E-state index is 12.0. The minimum Gasteiger partial charge on any atom is -0.392 e. The molecule has 0 aliphatic carbocycles. The number of benzene rings is 1. The van der Waals surface area contributed by atoms with Crippen molar-refractivity contribution in [3.05, 3.63) is 34.4 Å². The second-order valence-corrected chi connectivity index (χ2v) is 5.82. The van der Waals surface area contributed by atoms with Crippen LogP contribution in [0.3, 0.4) is 0 Å². The summed E-state index contributed by atoms with van der Waals surface area (Å²) in [6.07, 6.45) is 0.669. The number of anilines is 1. The molecule has 0 aromatic heterocycles. The van der Waals surface area contributed by atoms with Gasteiger partial charge in [-0.2, -0.15) is 0 Å². The van der Waals surface area contributed by atoms with Gasteiger partial charge in [0, 0.05) is 36.8 Å². The van der Waals surface area contributed by atoms with Crippen LogP contribution in [0.2, 0.25) is 0 Å². The average Bonchev–Trinajstić information content (AvgIpc) is 2.51. The fourth-order valence-corrected chi connectivity index (χ4v) is 2.05. The van der Waals surface area contributed by atoms with E-state index < -0.39 is 11.0 Å². The number of nitro benzene ring substituents is 1. The van der Waals surface area contributed by atoms with E-state index in [4.69, 9.17) is 0 Å². The molecule has 0 radical (unpaired) electrons. The molecule has 0 aliphatic heterocycles. The number of aliphatic hydroxyl groups is 1. The summed E-state index contributed by atoms with van der Waals surface area (Å²) in [5, 5.41) is 26.4. The summed E-state index contributed by atoms with van der Waals surface area (Å²) >= 11 is 0. The van der Waals surface area contributed by atoms with Gasteiger partial charge in [-0.05, 0) is 18.9 Å². The molecule has 1 aromatic rings. The summed E-state index contributed by atoms with van der Waals surface area (Å²) in [5.41, 5.74) is 0.335. The Bertz CT molecular complexity index is 536. The van der Waals surface area contributed by atoms with Crippen LogP contribution in [-0.2, 0) is 4.79 Å². The summed E-state index contributed by atoms with van der Waals surface area (Å²) in [4.78, 5) is 22.2. The smallest absolute Gasteiger partial charge is 0.271 e. The van der Waals surface area contributed by atoms with Gasteiger partial charge >= 0.3 is 0 Å². The minimum absolute atomic E-state index is 0.0642. The summed E-state index contributed by atoms with van der Waals surface area (Å²) < 4.78 is 0. The van der Waals surface area contributed by atoms with Crippen molar-refractivity contribution in [1.82, 2.24) is 5.32 Å². The monoisotopic (exact) mass is 323 g/mol. The van der Waals surface area contributed by atoms with E-state index >= 15 is 0 Å². The zero-order valence-electron chi connectivity index (χ0n) is 13.8. The second kappa shape index (κ2) is 9.22. The van der Waals surface area contributed by atoms with E-state index in [-0.39, 0.29) is 30.0 Å². The maximum atomic E-state index is 12.0. The van der Waals surface area contributed by atoms with Gasteiger partial charge in [-0.3, -0.25) is 14.9 Å². The maximum Gasteiger partial charge on any atom is 0.271 e. The highest BCUT2D eigenvalue weighted by atomic mass is 16.6. The van der Waals surface area contributed by atoms with E-state index in [2.05, 4.69) is 10.6 Å². The lowest BCUT2D eigenvalue weighted by atomic mass is 10.0. The lowest BCUT2D eigenvalue weighted by Crippen LogP contribution is -2.38. The summed E-state index contributed by atoms with van der Waals surface area (Å²) in [7, 11) is 0. The topological polar surface area (TPSA) is 104 Å². The molecular weight excluding hydrogens is 298 g/mol. The number of nitro groups is 1. The van der Waals surface area contributed by atoms with Crippen molar-refractivity contribution in [2.45, 2.75) is 45.8 Å². The summed E-state index contributed by atoms with van der Waals surface area (Å²) in [6.45, 7) is 6.28. The van der Waals surface area contributed by atoms with Crippen molar-refractivity contribution in [3.63, 3.8) is 0 Å². The van der Waals surface area contributed by atoms with Gasteiger partial charge in [-0.25, -0.2) is 0 Å². The molecule has 3 atom stereocenters. The van der Waals surface area contributed by atoms with Gasteiger partial charge in [0.15, 0.2) is 0 Å². The molecule has 0 heterocycles. The SMILES string of the molecule is CCC(C)C(O)CNC(C)CC(=O)Nc1cccc([N+](=O)[O-])c1. The average molecular weight is 323 g/mol. The fourth-order valence-electron chi connectivity index (χ4n) is 2.05. The molecule has 7 nitrogen and oxygen atoms in total. The van der Waals surface area contributed by atoms with Gasteiger partial charge < -0.3 is 15.7 Å². The normalized spacial score (nSPS) is 14.8. The van der Waals surface area contributed by atoms with Crippen molar-refractivity contribution < 1.29 is 14.8 Å². The number of amides is 1. The first-order valence-electron chi connectivity index (χ1n) is 7.79. The van der Waals surface area contributed by atoms with E-state index in [1.807, 2.05) is 20.8 Å².